The first-order chi connectivity index (χ1) is 12.2. The van der Waals surface area contributed by atoms with E-state index in [1.807, 2.05) is 24.3 Å². The van der Waals surface area contributed by atoms with Crippen LogP contribution in [0.5, 0.6) is 5.75 Å². The Bertz CT molecular complexity index is 648. The van der Waals surface area contributed by atoms with Crippen LogP contribution in [0.15, 0.2) is 33.1 Å². The molecular weight excluding hydrogens is 422 g/mol. The van der Waals surface area contributed by atoms with Crippen LogP contribution in [0.1, 0.15) is 32.1 Å². The van der Waals surface area contributed by atoms with Crippen molar-refractivity contribution in [2.24, 2.45) is 0 Å². The highest BCUT2D eigenvalue weighted by Gasteiger charge is 2.16. The Balaban J connectivity index is 1.38. The van der Waals surface area contributed by atoms with Gasteiger partial charge in [0.15, 0.2) is 4.34 Å². The first kappa shape index (κ1) is 18.9. The summed E-state index contributed by atoms with van der Waals surface area (Å²) in [7, 11) is 0. The molecule has 1 unspecified atom stereocenters. The highest BCUT2D eigenvalue weighted by Crippen LogP contribution is 2.28. The minimum absolute atomic E-state index is 0.265. The Morgan fingerprint density at radius 2 is 2.00 bits per heavy atom. The fourth-order valence-corrected chi connectivity index (χ4v) is 4.71. The van der Waals surface area contributed by atoms with E-state index in [0.29, 0.717) is 11.8 Å². The normalized spacial score (nSPS) is 16.6. The van der Waals surface area contributed by atoms with Crippen molar-refractivity contribution in [1.82, 2.24) is 10.2 Å². The van der Waals surface area contributed by atoms with Crippen molar-refractivity contribution in [3.05, 3.63) is 28.7 Å². The molecule has 2 N–H and O–H groups in total. The lowest BCUT2D eigenvalue weighted by molar-refractivity contribution is 0.126. The van der Waals surface area contributed by atoms with Gasteiger partial charge in [-0.15, -0.1) is 10.2 Å². The molecule has 25 heavy (non-hydrogen) atoms. The second-order valence-electron chi connectivity index (χ2n) is 6.08. The van der Waals surface area contributed by atoms with Gasteiger partial charge in [-0.25, -0.2) is 0 Å². The van der Waals surface area contributed by atoms with Gasteiger partial charge in [0.2, 0.25) is 5.13 Å². The van der Waals surface area contributed by atoms with E-state index < -0.39 is 6.10 Å². The zero-order valence-corrected chi connectivity index (χ0v) is 17.1. The van der Waals surface area contributed by atoms with E-state index >= 15 is 0 Å². The van der Waals surface area contributed by atoms with E-state index in [-0.39, 0.29) is 6.61 Å². The van der Waals surface area contributed by atoms with Gasteiger partial charge in [0, 0.05) is 16.3 Å². The number of halogens is 1. The molecule has 1 aliphatic carbocycles. The standard InChI is InChI=1S/C17H22BrN3O2S2/c18-12-6-8-15(9-7-12)23-10-14(22)11-24-17-21-20-16(25-17)19-13-4-2-1-3-5-13/h6-9,13-14,22H,1-5,10-11H2,(H,19,20). The molecule has 1 heterocycles. The fraction of sp³-hybridized carbons (Fsp3) is 0.529. The summed E-state index contributed by atoms with van der Waals surface area (Å²) in [6.07, 6.45) is 5.82. The third-order valence-electron chi connectivity index (χ3n) is 3.99. The van der Waals surface area contributed by atoms with Gasteiger partial charge in [-0.05, 0) is 37.1 Å². The number of ether oxygens (including phenoxy) is 1. The van der Waals surface area contributed by atoms with Crippen LogP contribution >= 0.6 is 39.0 Å². The molecule has 0 amide bonds. The van der Waals surface area contributed by atoms with Gasteiger partial charge < -0.3 is 15.2 Å². The monoisotopic (exact) mass is 443 g/mol. The van der Waals surface area contributed by atoms with Crippen molar-refractivity contribution in [1.29, 1.82) is 0 Å². The fourth-order valence-electron chi connectivity index (χ4n) is 2.69. The van der Waals surface area contributed by atoms with Crippen molar-refractivity contribution >= 4 is 44.2 Å². The van der Waals surface area contributed by atoms with Gasteiger partial charge in [-0.2, -0.15) is 0 Å². The van der Waals surface area contributed by atoms with Crippen molar-refractivity contribution in [2.45, 2.75) is 48.6 Å². The number of aliphatic hydroxyl groups is 1. The topological polar surface area (TPSA) is 67.3 Å². The molecule has 1 saturated carbocycles. The van der Waals surface area contributed by atoms with E-state index in [2.05, 4.69) is 31.4 Å². The summed E-state index contributed by atoms with van der Waals surface area (Å²) in [4.78, 5) is 0. The largest absolute Gasteiger partial charge is 0.491 e. The van der Waals surface area contributed by atoms with Crippen molar-refractivity contribution in [3.63, 3.8) is 0 Å². The van der Waals surface area contributed by atoms with E-state index in [9.17, 15) is 5.11 Å². The summed E-state index contributed by atoms with van der Waals surface area (Å²) in [5.74, 6) is 1.29. The zero-order valence-electron chi connectivity index (χ0n) is 13.9. The summed E-state index contributed by atoms with van der Waals surface area (Å²) in [5, 5.41) is 22.8. The van der Waals surface area contributed by atoms with E-state index in [0.717, 1.165) is 19.7 Å². The lowest BCUT2D eigenvalue weighted by atomic mass is 9.96. The molecule has 0 radical (unpaired) electrons. The van der Waals surface area contributed by atoms with Crippen LogP contribution in [0.2, 0.25) is 0 Å². The van der Waals surface area contributed by atoms with Gasteiger partial charge in [0.1, 0.15) is 12.4 Å². The van der Waals surface area contributed by atoms with E-state index in [4.69, 9.17) is 4.74 Å². The zero-order chi connectivity index (χ0) is 17.5. The molecule has 3 rings (SSSR count). The highest BCUT2D eigenvalue weighted by atomic mass is 79.9. The van der Waals surface area contributed by atoms with Crippen molar-refractivity contribution in [3.8, 4) is 5.75 Å². The minimum atomic E-state index is -0.549. The first-order valence-electron chi connectivity index (χ1n) is 8.48. The Kier molecular flexibility index (Phi) is 7.39. The average molecular weight is 444 g/mol. The number of aromatic nitrogens is 2. The van der Waals surface area contributed by atoms with Gasteiger partial charge in [0.05, 0.1) is 6.10 Å². The summed E-state index contributed by atoms with van der Waals surface area (Å²) >= 11 is 6.46. The smallest absolute Gasteiger partial charge is 0.206 e. The molecule has 8 heteroatoms. The van der Waals surface area contributed by atoms with Crippen LogP contribution in [0.4, 0.5) is 5.13 Å². The molecular formula is C17H22BrN3O2S2. The quantitative estimate of drug-likeness (QED) is 0.582. The van der Waals surface area contributed by atoms with Gasteiger partial charge >= 0.3 is 0 Å². The molecule has 0 saturated heterocycles. The van der Waals surface area contributed by atoms with Crippen LogP contribution in [-0.4, -0.2) is 39.8 Å². The number of hydrogen-bond donors (Lipinski definition) is 2. The number of aliphatic hydroxyl groups excluding tert-OH is 1. The predicted octanol–water partition coefficient (Wildman–Crippen LogP) is 4.58. The summed E-state index contributed by atoms with van der Waals surface area (Å²) in [6, 6.07) is 8.11. The second-order valence-corrected chi connectivity index (χ2v) is 9.24. The number of hydrogen-bond acceptors (Lipinski definition) is 7. The summed E-state index contributed by atoms with van der Waals surface area (Å²) < 4.78 is 7.47. The van der Waals surface area contributed by atoms with E-state index in [1.54, 1.807) is 11.3 Å². The van der Waals surface area contributed by atoms with Crippen LogP contribution in [0, 0.1) is 0 Å². The van der Waals surface area contributed by atoms with Crippen LogP contribution in [-0.2, 0) is 0 Å². The van der Waals surface area contributed by atoms with Gasteiger partial charge in [0.25, 0.3) is 0 Å². The number of thioether (sulfide) groups is 1. The molecule has 0 bridgehead atoms. The molecule has 1 atom stereocenters. The molecule has 1 aromatic carbocycles. The number of nitrogens with zero attached hydrogens (tertiary/aromatic N) is 2. The Labute approximate surface area is 164 Å². The van der Waals surface area contributed by atoms with Crippen molar-refractivity contribution < 1.29 is 9.84 Å². The lowest BCUT2D eigenvalue weighted by Crippen LogP contribution is -2.21. The molecule has 0 spiro atoms. The third kappa shape index (κ3) is 6.44. The van der Waals surface area contributed by atoms with Gasteiger partial charge in [-0.1, -0.05) is 58.3 Å². The molecule has 5 nitrogen and oxygen atoms in total. The van der Waals surface area contributed by atoms with Crippen LogP contribution in [0.3, 0.4) is 0 Å². The summed E-state index contributed by atoms with van der Waals surface area (Å²) in [6.45, 7) is 0.265. The molecule has 1 aromatic heterocycles. The SMILES string of the molecule is OC(COc1ccc(Br)cc1)CSc1nnc(NC2CCCCC2)s1. The van der Waals surface area contributed by atoms with Crippen LogP contribution in [0.25, 0.3) is 0 Å². The Morgan fingerprint density at radius 1 is 1.24 bits per heavy atom. The number of nitrogens with one attached hydrogen (secondary N) is 1. The molecule has 2 aromatic rings. The molecule has 1 fully saturated rings. The number of benzene rings is 1. The predicted molar refractivity (Wildman–Crippen MR) is 107 cm³/mol. The maximum atomic E-state index is 10.1. The lowest BCUT2D eigenvalue weighted by Gasteiger charge is -2.21. The van der Waals surface area contributed by atoms with Crippen molar-refractivity contribution in [2.75, 3.05) is 17.7 Å². The second kappa shape index (κ2) is 9.75. The number of anilines is 1. The molecule has 0 aliphatic heterocycles. The minimum Gasteiger partial charge on any atom is -0.491 e. The molecule has 136 valence electrons. The highest BCUT2D eigenvalue weighted by molar-refractivity contribution is 9.10. The Morgan fingerprint density at radius 3 is 2.76 bits per heavy atom. The average Bonchev–Trinajstić information content (AvgIpc) is 3.08. The Hall–Kier alpha value is -0.830. The molecule has 1 aliphatic rings. The van der Waals surface area contributed by atoms with Crippen LogP contribution < -0.4 is 10.1 Å². The van der Waals surface area contributed by atoms with E-state index in [1.165, 1.54) is 43.9 Å². The summed E-state index contributed by atoms with van der Waals surface area (Å²) in [5.41, 5.74) is 0. The number of rotatable bonds is 8. The maximum Gasteiger partial charge on any atom is 0.206 e. The first-order valence-corrected chi connectivity index (χ1v) is 11.1. The van der Waals surface area contributed by atoms with Gasteiger partial charge in [-0.3, -0.25) is 0 Å². The maximum absolute atomic E-state index is 10.1. The third-order valence-corrected chi connectivity index (χ3v) is 6.66.